The highest BCUT2D eigenvalue weighted by Gasteiger charge is 2.29. The van der Waals surface area contributed by atoms with Gasteiger partial charge >= 0.3 is 5.97 Å². The van der Waals surface area contributed by atoms with Crippen LogP contribution in [0.2, 0.25) is 0 Å². The molecule has 0 aromatic heterocycles. The summed E-state index contributed by atoms with van der Waals surface area (Å²) in [5, 5.41) is 0. The van der Waals surface area contributed by atoms with Gasteiger partial charge in [-0.15, -0.1) is 0 Å². The molecular weight excluding hydrogens is 268 g/mol. The van der Waals surface area contributed by atoms with E-state index in [1.54, 1.807) is 17.9 Å². The van der Waals surface area contributed by atoms with Crippen molar-refractivity contribution < 1.29 is 14.3 Å². The normalized spacial score (nSPS) is 15.8. The predicted molar refractivity (Wildman–Crippen MR) is 80.9 cm³/mol. The number of likely N-dealkylation sites (tertiary alicyclic amines) is 1. The number of hydrogen-bond donors (Lipinski definition) is 1. The summed E-state index contributed by atoms with van der Waals surface area (Å²) in [6, 6.07) is 5.47. The van der Waals surface area contributed by atoms with Crippen molar-refractivity contribution in [3.05, 3.63) is 29.3 Å². The second-order valence-corrected chi connectivity index (χ2v) is 5.36. The maximum Gasteiger partial charge on any atom is 0.309 e. The molecule has 1 aromatic rings. The van der Waals surface area contributed by atoms with Crippen LogP contribution in [0.5, 0.6) is 0 Å². The molecule has 0 aliphatic carbocycles. The van der Waals surface area contributed by atoms with E-state index < -0.39 is 0 Å². The van der Waals surface area contributed by atoms with Crippen molar-refractivity contribution in [3.8, 4) is 0 Å². The molecule has 0 bridgehead atoms. The number of carbonyl (C=O) groups is 2. The van der Waals surface area contributed by atoms with Crippen molar-refractivity contribution in [2.24, 2.45) is 5.92 Å². The van der Waals surface area contributed by atoms with Crippen LogP contribution in [0, 0.1) is 12.8 Å². The summed E-state index contributed by atoms with van der Waals surface area (Å²) >= 11 is 0. The molecule has 114 valence electrons. The first-order valence-corrected chi connectivity index (χ1v) is 7.35. The summed E-state index contributed by atoms with van der Waals surface area (Å²) < 4.78 is 5.04. The van der Waals surface area contributed by atoms with Crippen LogP contribution in [-0.4, -0.2) is 36.5 Å². The molecule has 1 saturated heterocycles. The van der Waals surface area contributed by atoms with Gasteiger partial charge in [0.25, 0.3) is 5.91 Å². The van der Waals surface area contributed by atoms with Crippen LogP contribution in [0.1, 0.15) is 35.7 Å². The minimum Gasteiger partial charge on any atom is -0.466 e. The largest absolute Gasteiger partial charge is 0.466 e. The zero-order chi connectivity index (χ0) is 15.4. The van der Waals surface area contributed by atoms with E-state index in [0.717, 1.165) is 5.56 Å². The monoisotopic (exact) mass is 290 g/mol. The number of benzene rings is 1. The molecule has 1 aromatic carbocycles. The molecule has 0 atom stereocenters. The average Bonchev–Trinajstić information content (AvgIpc) is 2.47. The number of ether oxygens (including phenoxy) is 1. The number of anilines is 1. The van der Waals surface area contributed by atoms with Crippen molar-refractivity contribution in [3.63, 3.8) is 0 Å². The zero-order valence-corrected chi connectivity index (χ0v) is 12.6. The lowest BCUT2D eigenvalue weighted by Crippen LogP contribution is -2.41. The van der Waals surface area contributed by atoms with Gasteiger partial charge in [0.2, 0.25) is 0 Å². The summed E-state index contributed by atoms with van der Waals surface area (Å²) in [6.45, 7) is 5.22. The van der Waals surface area contributed by atoms with Crippen LogP contribution in [0.3, 0.4) is 0 Å². The van der Waals surface area contributed by atoms with Crippen LogP contribution in [0.15, 0.2) is 18.2 Å². The molecule has 0 spiro atoms. The Kier molecular flexibility index (Phi) is 4.83. The van der Waals surface area contributed by atoms with Gasteiger partial charge in [-0.2, -0.15) is 0 Å². The molecule has 0 radical (unpaired) electrons. The van der Waals surface area contributed by atoms with E-state index in [2.05, 4.69) is 0 Å². The van der Waals surface area contributed by atoms with Crippen LogP contribution in [0.25, 0.3) is 0 Å². The topological polar surface area (TPSA) is 72.6 Å². The standard InChI is InChI=1S/C16H22N2O3/c1-3-21-16(20)12-7-9-18(10-8-12)15(19)14-11(2)5-4-6-13(14)17/h4-6,12H,3,7-10,17H2,1-2H3. The van der Waals surface area contributed by atoms with Crippen LogP contribution < -0.4 is 5.73 Å². The molecule has 0 saturated carbocycles. The lowest BCUT2D eigenvalue weighted by molar-refractivity contribution is -0.149. The fraction of sp³-hybridized carbons (Fsp3) is 0.500. The average molecular weight is 290 g/mol. The Morgan fingerprint density at radius 3 is 2.57 bits per heavy atom. The zero-order valence-electron chi connectivity index (χ0n) is 12.6. The van der Waals surface area contributed by atoms with Gasteiger partial charge in [0.05, 0.1) is 18.1 Å². The quantitative estimate of drug-likeness (QED) is 0.682. The van der Waals surface area contributed by atoms with E-state index in [1.807, 2.05) is 19.1 Å². The highest BCUT2D eigenvalue weighted by atomic mass is 16.5. The Labute approximate surface area is 125 Å². The SMILES string of the molecule is CCOC(=O)C1CCN(C(=O)c2c(C)cccc2N)CC1. The Morgan fingerprint density at radius 2 is 2.00 bits per heavy atom. The van der Waals surface area contributed by atoms with Crippen molar-refractivity contribution in [2.75, 3.05) is 25.4 Å². The highest BCUT2D eigenvalue weighted by molar-refractivity contribution is 6.00. The van der Waals surface area contributed by atoms with Gasteiger partial charge in [0.15, 0.2) is 0 Å². The Bertz CT molecular complexity index is 514. The number of hydrogen-bond acceptors (Lipinski definition) is 4. The fourth-order valence-corrected chi connectivity index (χ4v) is 2.72. The molecule has 1 heterocycles. The Balaban J connectivity index is 2.02. The summed E-state index contributed by atoms with van der Waals surface area (Å²) in [4.78, 5) is 26.1. The molecule has 1 aliphatic heterocycles. The van der Waals surface area contributed by atoms with Gasteiger partial charge in [-0.25, -0.2) is 0 Å². The minimum atomic E-state index is -0.153. The van der Waals surface area contributed by atoms with Crippen LogP contribution in [-0.2, 0) is 9.53 Å². The Hall–Kier alpha value is -2.04. The van der Waals surface area contributed by atoms with E-state index in [1.165, 1.54) is 0 Å². The van der Waals surface area contributed by atoms with Crippen molar-refractivity contribution in [1.29, 1.82) is 0 Å². The van der Waals surface area contributed by atoms with Gasteiger partial charge in [0.1, 0.15) is 0 Å². The number of nitrogens with two attached hydrogens (primary N) is 1. The van der Waals surface area contributed by atoms with Crippen LogP contribution >= 0.6 is 0 Å². The molecular formula is C16H22N2O3. The molecule has 2 N–H and O–H groups in total. The number of amides is 1. The number of esters is 1. The van der Waals surface area contributed by atoms with Crippen molar-refractivity contribution >= 4 is 17.6 Å². The maximum atomic E-state index is 12.6. The predicted octanol–water partition coefficient (Wildman–Crippen LogP) is 1.99. The summed E-state index contributed by atoms with van der Waals surface area (Å²) in [7, 11) is 0. The van der Waals surface area contributed by atoms with E-state index in [4.69, 9.17) is 10.5 Å². The lowest BCUT2D eigenvalue weighted by Gasteiger charge is -2.31. The van der Waals surface area contributed by atoms with E-state index >= 15 is 0 Å². The van der Waals surface area contributed by atoms with Crippen molar-refractivity contribution in [2.45, 2.75) is 26.7 Å². The number of rotatable bonds is 3. The molecule has 21 heavy (non-hydrogen) atoms. The third-order valence-electron chi connectivity index (χ3n) is 3.92. The molecule has 1 fully saturated rings. The Morgan fingerprint density at radius 1 is 1.33 bits per heavy atom. The third-order valence-corrected chi connectivity index (χ3v) is 3.92. The first kappa shape index (κ1) is 15.4. The number of nitrogens with zero attached hydrogens (tertiary/aromatic N) is 1. The molecule has 5 heteroatoms. The first-order valence-electron chi connectivity index (χ1n) is 7.35. The second-order valence-electron chi connectivity index (χ2n) is 5.36. The summed E-state index contributed by atoms with van der Waals surface area (Å²) in [5.74, 6) is -0.295. The number of carbonyl (C=O) groups excluding carboxylic acids is 2. The number of piperidine rings is 1. The summed E-state index contributed by atoms with van der Waals surface area (Å²) in [5.41, 5.74) is 7.89. The van der Waals surface area contributed by atoms with Gasteiger partial charge < -0.3 is 15.4 Å². The second kappa shape index (κ2) is 6.61. The van der Waals surface area contributed by atoms with Crippen LogP contribution in [0.4, 0.5) is 5.69 Å². The van der Waals surface area contributed by atoms with E-state index in [-0.39, 0.29) is 17.8 Å². The van der Waals surface area contributed by atoms with Gasteiger partial charge in [-0.05, 0) is 38.3 Å². The van der Waals surface area contributed by atoms with E-state index in [0.29, 0.717) is 43.8 Å². The van der Waals surface area contributed by atoms with Gasteiger partial charge in [0, 0.05) is 18.8 Å². The first-order chi connectivity index (χ1) is 10.0. The lowest BCUT2D eigenvalue weighted by atomic mass is 9.96. The smallest absolute Gasteiger partial charge is 0.309 e. The summed E-state index contributed by atoms with van der Waals surface area (Å²) in [6.07, 6.45) is 1.30. The molecule has 5 nitrogen and oxygen atoms in total. The van der Waals surface area contributed by atoms with E-state index in [9.17, 15) is 9.59 Å². The molecule has 2 rings (SSSR count). The fourth-order valence-electron chi connectivity index (χ4n) is 2.72. The molecule has 1 amide bonds. The van der Waals surface area contributed by atoms with Gasteiger partial charge in [-0.1, -0.05) is 12.1 Å². The molecule has 0 unspecified atom stereocenters. The van der Waals surface area contributed by atoms with Gasteiger partial charge in [-0.3, -0.25) is 9.59 Å². The van der Waals surface area contributed by atoms with Crippen molar-refractivity contribution in [1.82, 2.24) is 4.90 Å². The number of aryl methyl sites for hydroxylation is 1. The number of nitrogen functional groups attached to an aromatic ring is 1. The highest BCUT2D eigenvalue weighted by Crippen LogP contribution is 2.23. The third kappa shape index (κ3) is 3.35. The maximum absolute atomic E-state index is 12.6. The molecule has 1 aliphatic rings. The minimum absolute atomic E-state index is 0.0482.